The van der Waals surface area contributed by atoms with E-state index in [1.807, 2.05) is 6.07 Å². The van der Waals surface area contributed by atoms with E-state index in [1.54, 1.807) is 83.8 Å². The highest BCUT2D eigenvalue weighted by atomic mass is 35.5. The van der Waals surface area contributed by atoms with Crippen molar-refractivity contribution in [2.75, 3.05) is 37.0 Å². The summed E-state index contributed by atoms with van der Waals surface area (Å²) in [5, 5.41) is 16.4. The number of aromatic hydroxyl groups is 1. The van der Waals surface area contributed by atoms with Crippen LogP contribution in [-0.4, -0.2) is 80.8 Å². The van der Waals surface area contributed by atoms with E-state index in [2.05, 4.69) is 20.2 Å². The molecular weight excluding hydrogens is 769 g/mol. The predicted molar refractivity (Wildman–Crippen MR) is 210 cm³/mol. The van der Waals surface area contributed by atoms with E-state index in [0.717, 1.165) is 5.69 Å². The third-order valence-electron chi connectivity index (χ3n) is 9.50. The summed E-state index contributed by atoms with van der Waals surface area (Å²) in [6, 6.07) is 26.0. The summed E-state index contributed by atoms with van der Waals surface area (Å²) in [5.74, 6) is -1.64. The number of nitrogens with zero attached hydrogens (tertiary/aromatic N) is 4. The van der Waals surface area contributed by atoms with Crippen LogP contribution in [0.3, 0.4) is 0 Å². The van der Waals surface area contributed by atoms with Gasteiger partial charge >= 0.3 is 0 Å². The molecule has 278 valence electrons. The van der Waals surface area contributed by atoms with Crippen LogP contribution in [0.15, 0.2) is 120 Å². The molecule has 1 fully saturated rings. The van der Waals surface area contributed by atoms with Gasteiger partial charge in [-0.25, -0.2) is 26.8 Å². The molecule has 0 aliphatic carbocycles. The van der Waals surface area contributed by atoms with E-state index in [-0.39, 0.29) is 33.7 Å². The second kappa shape index (κ2) is 15.5. The van der Waals surface area contributed by atoms with Gasteiger partial charge in [-0.3, -0.25) is 10.1 Å². The molecule has 0 bridgehead atoms. The van der Waals surface area contributed by atoms with Gasteiger partial charge in [0.25, 0.3) is 0 Å². The lowest BCUT2D eigenvalue weighted by Crippen LogP contribution is -2.55. The standard InChI is InChI=1S/C39H35Cl2N5O6S2/c40-34-12-10-30(23-35(34)41)45-17-19-46(20-18-45)39(48)36(44-25-54(51,52)38-33-8-4-2-6-27(33)14-16-43-38)22-28-9-11-31(47)21-29(28)24-53(49,50)37-32-7-3-1-5-26(32)13-15-42-37/h1-16,21,23,36,44,47H,17-20,22,24-25H2. The zero-order valence-electron chi connectivity index (χ0n) is 28.8. The number of aromatic nitrogens is 2. The first-order valence-corrected chi connectivity index (χ1v) is 21.1. The van der Waals surface area contributed by atoms with Crippen LogP contribution in [0, 0.1) is 0 Å². The van der Waals surface area contributed by atoms with Crippen molar-refractivity contribution in [3.05, 3.63) is 131 Å². The Morgan fingerprint density at radius 1 is 0.722 bits per heavy atom. The summed E-state index contributed by atoms with van der Waals surface area (Å²) in [6.07, 6.45) is 2.79. The number of carbonyl (C=O) groups excluding carboxylic acids is 1. The number of carbonyl (C=O) groups is 1. The van der Waals surface area contributed by atoms with Crippen LogP contribution in [0.1, 0.15) is 11.1 Å². The molecule has 0 radical (unpaired) electrons. The van der Waals surface area contributed by atoms with Crippen LogP contribution < -0.4 is 10.2 Å². The normalized spacial score (nSPS) is 14.4. The Labute approximate surface area is 323 Å². The summed E-state index contributed by atoms with van der Waals surface area (Å²) >= 11 is 12.4. The van der Waals surface area contributed by atoms with Crippen molar-refractivity contribution < 1.29 is 26.7 Å². The molecule has 0 saturated carbocycles. The van der Waals surface area contributed by atoms with Crippen molar-refractivity contribution in [3.8, 4) is 5.75 Å². The number of amides is 1. The fourth-order valence-corrected chi connectivity index (χ4v) is 9.88. The molecule has 1 atom stereocenters. The van der Waals surface area contributed by atoms with Crippen molar-refractivity contribution in [1.29, 1.82) is 0 Å². The Morgan fingerprint density at radius 3 is 1.96 bits per heavy atom. The van der Waals surface area contributed by atoms with E-state index in [0.29, 0.717) is 63.3 Å². The third-order valence-corrected chi connectivity index (χ3v) is 13.3. The maximum atomic E-state index is 14.4. The molecule has 0 spiro atoms. The zero-order chi connectivity index (χ0) is 38.0. The second-order valence-corrected chi connectivity index (χ2v) is 17.6. The van der Waals surface area contributed by atoms with Crippen LogP contribution in [0.25, 0.3) is 21.5 Å². The number of fused-ring (bicyclic) bond motifs is 2. The third kappa shape index (κ3) is 8.01. The lowest BCUT2D eigenvalue weighted by atomic mass is 9.99. The van der Waals surface area contributed by atoms with Crippen molar-refractivity contribution in [1.82, 2.24) is 20.2 Å². The molecule has 11 nitrogen and oxygen atoms in total. The van der Waals surface area contributed by atoms with Crippen LogP contribution >= 0.6 is 23.2 Å². The van der Waals surface area contributed by atoms with Gasteiger partial charge in [0, 0.05) is 55.0 Å². The molecule has 2 N–H and O–H groups in total. The summed E-state index contributed by atoms with van der Waals surface area (Å²) in [4.78, 5) is 26.5. The maximum absolute atomic E-state index is 14.4. The number of benzene rings is 4. The number of hydrogen-bond acceptors (Lipinski definition) is 10. The summed E-state index contributed by atoms with van der Waals surface area (Å²) in [6.45, 7) is 1.63. The largest absolute Gasteiger partial charge is 0.508 e. The molecule has 1 unspecified atom stereocenters. The Balaban J connectivity index is 1.18. The van der Waals surface area contributed by atoms with Gasteiger partial charge in [0.1, 0.15) is 11.6 Å². The predicted octanol–water partition coefficient (Wildman–Crippen LogP) is 6.05. The molecule has 1 aliphatic heterocycles. The number of rotatable bonds is 11. The fraction of sp³-hybridized carbons (Fsp3) is 0.205. The minimum Gasteiger partial charge on any atom is -0.508 e. The topological polar surface area (TPSA) is 150 Å². The van der Waals surface area contributed by atoms with E-state index in [9.17, 15) is 26.7 Å². The number of sulfone groups is 2. The van der Waals surface area contributed by atoms with E-state index >= 15 is 0 Å². The quantitative estimate of drug-likeness (QED) is 0.159. The molecule has 1 saturated heterocycles. The lowest BCUT2D eigenvalue weighted by Gasteiger charge is -2.38. The molecule has 1 amide bonds. The van der Waals surface area contributed by atoms with Crippen molar-refractivity contribution in [2.24, 2.45) is 0 Å². The number of phenols is 1. The number of piperazine rings is 1. The summed E-state index contributed by atoms with van der Waals surface area (Å²) in [5.41, 5.74) is 1.56. The highest BCUT2D eigenvalue weighted by molar-refractivity contribution is 7.91. The summed E-state index contributed by atoms with van der Waals surface area (Å²) in [7, 11) is -8.11. The molecule has 15 heteroatoms. The van der Waals surface area contributed by atoms with Gasteiger partial charge in [0.2, 0.25) is 15.7 Å². The minimum absolute atomic E-state index is 0.0710. The lowest BCUT2D eigenvalue weighted by molar-refractivity contribution is -0.133. The number of hydrogen-bond donors (Lipinski definition) is 2. The average Bonchev–Trinajstić information content (AvgIpc) is 3.17. The first-order chi connectivity index (χ1) is 25.9. The number of phenolic OH excluding ortho intramolecular Hbond substituents is 1. The Hall–Kier alpha value is -4.79. The van der Waals surface area contributed by atoms with E-state index in [4.69, 9.17) is 23.2 Å². The van der Waals surface area contributed by atoms with Gasteiger partial charge in [0.05, 0.1) is 21.8 Å². The van der Waals surface area contributed by atoms with Gasteiger partial charge in [-0.05, 0) is 70.8 Å². The van der Waals surface area contributed by atoms with Crippen LogP contribution in [-0.2, 0) is 36.6 Å². The van der Waals surface area contributed by atoms with Crippen molar-refractivity contribution in [3.63, 3.8) is 0 Å². The van der Waals surface area contributed by atoms with Crippen LogP contribution in [0.2, 0.25) is 10.0 Å². The Kier molecular flexibility index (Phi) is 10.8. The monoisotopic (exact) mass is 803 g/mol. The summed E-state index contributed by atoms with van der Waals surface area (Å²) < 4.78 is 55.5. The molecule has 6 aromatic rings. The number of nitrogens with one attached hydrogen (secondary N) is 1. The first kappa shape index (κ1) is 37.5. The highest BCUT2D eigenvalue weighted by Gasteiger charge is 2.31. The van der Waals surface area contributed by atoms with Gasteiger partial charge in [-0.1, -0.05) is 77.8 Å². The van der Waals surface area contributed by atoms with Crippen molar-refractivity contribution in [2.45, 2.75) is 28.3 Å². The van der Waals surface area contributed by atoms with Crippen LogP contribution in [0.5, 0.6) is 5.75 Å². The van der Waals surface area contributed by atoms with E-state index in [1.165, 1.54) is 24.5 Å². The van der Waals surface area contributed by atoms with Gasteiger partial charge in [-0.2, -0.15) is 0 Å². The van der Waals surface area contributed by atoms with Gasteiger partial charge in [0.15, 0.2) is 19.9 Å². The maximum Gasteiger partial charge on any atom is 0.240 e. The van der Waals surface area contributed by atoms with Crippen molar-refractivity contribution >= 4 is 76.0 Å². The minimum atomic E-state index is -4.06. The molecular formula is C39H35Cl2N5O6S2. The van der Waals surface area contributed by atoms with Gasteiger partial charge < -0.3 is 14.9 Å². The highest BCUT2D eigenvalue weighted by Crippen LogP contribution is 2.30. The molecule has 54 heavy (non-hydrogen) atoms. The Bertz CT molecular complexity index is 2590. The fourth-order valence-electron chi connectivity index (χ4n) is 6.73. The molecule has 2 aromatic heterocycles. The second-order valence-electron chi connectivity index (χ2n) is 13.0. The number of pyridine rings is 2. The molecule has 4 aromatic carbocycles. The zero-order valence-corrected chi connectivity index (χ0v) is 31.9. The average molecular weight is 805 g/mol. The Morgan fingerprint density at radius 2 is 1.33 bits per heavy atom. The number of anilines is 1. The SMILES string of the molecule is O=C(C(Cc1ccc(O)cc1CS(=O)(=O)c1nccc2ccccc12)NCS(=O)(=O)c1nccc2ccccc12)N1CCN(c2ccc(Cl)c(Cl)c2)CC1. The molecule has 3 heterocycles. The van der Waals surface area contributed by atoms with E-state index < -0.39 is 37.3 Å². The number of halogens is 2. The van der Waals surface area contributed by atoms with Gasteiger partial charge in [-0.15, -0.1) is 0 Å². The smallest absolute Gasteiger partial charge is 0.240 e. The molecule has 7 rings (SSSR count). The first-order valence-electron chi connectivity index (χ1n) is 17.1. The molecule has 1 aliphatic rings. The van der Waals surface area contributed by atoms with Crippen LogP contribution in [0.4, 0.5) is 5.69 Å².